The number of carboxylic acids is 1. The molecule has 0 fully saturated rings. The average Bonchev–Trinajstić information content (AvgIpc) is 2.76. The van der Waals surface area contributed by atoms with Crippen LogP contribution in [-0.4, -0.2) is 29.0 Å². The van der Waals surface area contributed by atoms with Gasteiger partial charge in [0.25, 0.3) is 5.91 Å². The van der Waals surface area contributed by atoms with Crippen LogP contribution in [-0.2, 0) is 11.3 Å². The zero-order valence-electron chi connectivity index (χ0n) is 16.3. The fraction of sp³-hybridized carbons (Fsp3) is 0.167. The van der Waals surface area contributed by atoms with E-state index in [4.69, 9.17) is 16.3 Å². The summed E-state index contributed by atoms with van der Waals surface area (Å²) in [5, 5.41) is 10.7. The van der Waals surface area contributed by atoms with Gasteiger partial charge in [-0.1, -0.05) is 54.1 Å². The van der Waals surface area contributed by atoms with Crippen LogP contribution in [0.15, 0.2) is 72.8 Å². The van der Waals surface area contributed by atoms with Crippen LogP contribution in [0.2, 0.25) is 5.02 Å². The summed E-state index contributed by atoms with van der Waals surface area (Å²) in [5.41, 5.74) is 2.56. The molecule has 0 saturated carbocycles. The molecule has 0 saturated heterocycles. The minimum Gasteiger partial charge on any atom is -0.497 e. The SMILES string of the molecule is COc1ccc([C@@H]2[C@@H](C(=O)O)c3ccccc3C(=O)N2Cc2ccc(Cl)cc2)cc1. The summed E-state index contributed by atoms with van der Waals surface area (Å²) in [6.45, 7) is 0.269. The summed E-state index contributed by atoms with van der Waals surface area (Å²) in [6.07, 6.45) is 0. The van der Waals surface area contributed by atoms with Gasteiger partial charge >= 0.3 is 5.97 Å². The van der Waals surface area contributed by atoms with Crippen LogP contribution in [0, 0.1) is 0 Å². The third-order valence-corrected chi connectivity index (χ3v) is 5.68. The zero-order chi connectivity index (χ0) is 21.3. The van der Waals surface area contributed by atoms with E-state index in [0.29, 0.717) is 21.9 Å². The van der Waals surface area contributed by atoms with Gasteiger partial charge in [-0.05, 0) is 47.0 Å². The number of fused-ring (bicyclic) bond motifs is 1. The second kappa shape index (κ2) is 8.20. The second-order valence-electron chi connectivity index (χ2n) is 7.18. The molecular weight excluding hydrogens is 402 g/mol. The molecule has 2 atom stereocenters. The van der Waals surface area contributed by atoms with Gasteiger partial charge in [0.05, 0.1) is 13.2 Å². The maximum absolute atomic E-state index is 13.4. The Balaban J connectivity index is 1.85. The monoisotopic (exact) mass is 421 g/mol. The van der Waals surface area contributed by atoms with Gasteiger partial charge in [0, 0.05) is 17.1 Å². The van der Waals surface area contributed by atoms with E-state index >= 15 is 0 Å². The van der Waals surface area contributed by atoms with E-state index in [2.05, 4.69) is 0 Å². The summed E-state index contributed by atoms with van der Waals surface area (Å²) in [4.78, 5) is 27.5. The first-order chi connectivity index (χ1) is 14.5. The summed E-state index contributed by atoms with van der Waals surface area (Å²) in [6, 6.07) is 20.7. The number of benzene rings is 3. The number of methoxy groups -OCH3 is 1. The normalized spacial score (nSPS) is 18.1. The molecule has 6 heteroatoms. The molecule has 1 N–H and O–H groups in total. The van der Waals surface area contributed by atoms with Crippen LogP contribution in [0.4, 0.5) is 0 Å². The standard InChI is InChI=1S/C24H20ClNO4/c1-30-18-12-8-16(9-13-18)22-21(24(28)29)19-4-2-3-5-20(19)23(27)26(22)14-15-6-10-17(25)11-7-15/h2-13,21-22H,14H2,1H3,(H,28,29)/t21-,22+/m0/s1. The van der Waals surface area contributed by atoms with E-state index in [1.165, 1.54) is 0 Å². The number of halogens is 1. The molecule has 4 rings (SSSR count). The van der Waals surface area contributed by atoms with Crippen molar-refractivity contribution < 1.29 is 19.4 Å². The fourth-order valence-corrected chi connectivity index (χ4v) is 4.12. The van der Waals surface area contributed by atoms with E-state index in [9.17, 15) is 14.7 Å². The third kappa shape index (κ3) is 3.64. The lowest BCUT2D eigenvalue weighted by Gasteiger charge is -2.41. The van der Waals surface area contributed by atoms with Crippen molar-refractivity contribution in [2.45, 2.75) is 18.5 Å². The fourth-order valence-electron chi connectivity index (χ4n) is 3.99. The van der Waals surface area contributed by atoms with Crippen LogP contribution in [0.25, 0.3) is 0 Å². The first kappa shape index (κ1) is 20.0. The van der Waals surface area contributed by atoms with Crippen molar-refractivity contribution in [1.82, 2.24) is 4.90 Å². The number of rotatable bonds is 5. The number of nitrogens with zero attached hydrogens (tertiary/aromatic N) is 1. The van der Waals surface area contributed by atoms with E-state index in [1.807, 2.05) is 24.3 Å². The molecule has 3 aromatic carbocycles. The molecule has 0 aliphatic carbocycles. The number of hydrogen-bond acceptors (Lipinski definition) is 3. The van der Waals surface area contributed by atoms with Gasteiger partial charge in [0.2, 0.25) is 0 Å². The van der Waals surface area contributed by atoms with Crippen molar-refractivity contribution in [1.29, 1.82) is 0 Å². The molecule has 1 amide bonds. The molecule has 1 aliphatic rings. The molecule has 152 valence electrons. The number of carbonyl (C=O) groups excluding carboxylic acids is 1. The molecule has 1 heterocycles. The molecule has 0 bridgehead atoms. The maximum atomic E-state index is 13.4. The smallest absolute Gasteiger partial charge is 0.313 e. The van der Waals surface area contributed by atoms with Crippen molar-refractivity contribution in [3.8, 4) is 5.75 Å². The molecular formula is C24H20ClNO4. The Hall–Kier alpha value is -3.31. The van der Waals surface area contributed by atoms with Gasteiger partial charge in [0.15, 0.2) is 0 Å². The Labute approximate surface area is 179 Å². The van der Waals surface area contributed by atoms with Crippen LogP contribution in [0.3, 0.4) is 0 Å². The number of carbonyl (C=O) groups is 2. The van der Waals surface area contributed by atoms with Gasteiger partial charge < -0.3 is 14.7 Å². The molecule has 0 spiro atoms. The number of ether oxygens (including phenoxy) is 1. The Bertz CT molecular complexity index is 1080. The Morgan fingerprint density at radius 2 is 1.70 bits per heavy atom. The lowest BCUT2D eigenvalue weighted by atomic mass is 9.79. The van der Waals surface area contributed by atoms with Crippen molar-refractivity contribution in [3.05, 3.63) is 100 Å². The van der Waals surface area contributed by atoms with E-state index in [0.717, 1.165) is 11.1 Å². The number of hydrogen-bond donors (Lipinski definition) is 1. The minimum absolute atomic E-state index is 0.195. The van der Waals surface area contributed by atoms with Crippen molar-refractivity contribution in [2.24, 2.45) is 0 Å². The highest BCUT2D eigenvalue weighted by Gasteiger charge is 2.44. The maximum Gasteiger partial charge on any atom is 0.313 e. The second-order valence-corrected chi connectivity index (χ2v) is 7.62. The molecule has 0 unspecified atom stereocenters. The first-order valence-corrected chi connectivity index (χ1v) is 9.88. The molecule has 0 aromatic heterocycles. The first-order valence-electron chi connectivity index (χ1n) is 9.50. The van der Waals surface area contributed by atoms with Gasteiger partial charge in [-0.3, -0.25) is 9.59 Å². The largest absolute Gasteiger partial charge is 0.497 e. The predicted octanol–water partition coefficient (Wildman–Crippen LogP) is 4.91. The topological polar surface area (TPSA) is 66.8 Å². The van der Waals surface area contributed by atoms with E-state index < -0.39 is 17.9 Å². The number of amides is 1. The van der Waals surface area contributed by atoms with Gasteiger partial charge in [0.1, 0.15) is 11.7 Å². The highest BCUT2D eigenvalue weighted by molar-refractivity contribution is 6.30. The van der Waals surface area contributed by atoms with Crippen LogP contribution >= 0.6 is 11.6 Å². The highest BCUT2D eigenvalue weighted by atomic mass is 35.5. The molecule has 3 aromatic rings. The summed E-state index contributed by atoms with van der Waals surface area (Å²) in [5.74, 6) is -1.40. The van der Waals surface area contributed by atoms with Gasteiger partial charge in [-0.25, -0.2) is 0 Å². The Morgan fingerprint density at radius 1 is 1.03 bits per heavy atom. The lowest BCUT2D eigenvalue weighted by molar-refractivity contribution is -0.140. The Morgan fingerprint density at radius 3 is 2.33 bits per heavy atom. The quantitative estimate of drug-likeness (QED) is 0.635. The van der Waals surface area contributed by atoms with E-state index in [1.54, 1.807) is 60.5 Å². The van der Waals surface area contributed by atoms with Crippen LogP contribution in [0.1, 0.15) is 39.0 Å². The zero-order valence-corrected chi connectivity index (χ0v) is 17.0. The van der Waals surface area contributed by atoms with Gasteiger partial charge in [-0.2, -0.15) is 0 Å². The third-order valence-electron chi connectivity index (χ3n) is 5.43. The Kier molecular flexibility index (Phi) is 5.46. The minimum atomic E-state index is -0.975. The van der Waals surface area contributed by atoms with Crippen LogP contribution < -0.4 is 4.74 Å². The molecule has 30 heavy (non-hydrogen) atoms. The molecule has 1 aliphatic heterocycles. The molecule has 5 nitrogen and oxygen atoms in total. The van der Waals surface area contributed by atoms with Crippen molar-refractivity contribution in [2.75, 3.05) is 7.11 Å². The van der Waals surface area contributed by atoms with Gasteiger partial charge in [-0.15, -0.1) is 0 Å². The molecule has 0 radical (unpaired) electrons. The number of carboxylic acid groups (broad SMARTS) is 1. The van der Waals surface area contributed by atoms with Crippen molar-refractivity contribution in [3.63, 3.8) is 0 Å². The average molecular weight is 422 g/mol. The van der Waals surface area contributed by atoms with Crippen LogP contribution in [0.5, 0.6) is 5.75 Å². The summed E-state index contributed by atoms with van der Waals surface area (Å²) >= 11 is 6.00. The highest BCUT2D eigenvalue weighted by Crippen LogP contribution is 2.43. The lowest BCUT2D eigenvalue weighted by Crippen LogP contribution is -2.44. The number of aliphatic carboxylic acids is 1. The predicted molar refractivity (Wildman–Crippen MR) is 114 cm³/mol. The van der Waals surface area contributed by atoms with Crippen molar-refractivity contribution >= 4 is 23.5 Å². The summed E-state index contributed by atoms with van der Waals surface area (Å²) in [7, 11) is 1.57. The van der Waals surface area contributed by atoms with E-state index in [-0.39, 0.29) is 12.5 Å². The summed E-state index contributed by atoms with van der Waals surface area (Å²) < 4.78 is 5.23.